The maximum atomic E-state index is 12.2. The van der Waals surface area contributed by atoms with Gasteiger partial charge < -0.3 is 19.7 Å². The van der Waals surface area contributed by atoms with Crippen molar-refractivity contribution in [1.29, 1.82) is 0 Å². The van der Waals surface area contributed by atoms with Gasteiger partial charge in [-0.2, -0.15) is 0 Å². The molecular formula is C20H26O6. The lowest BCUT2D eigenvalue weighted by Gasteiger charge is -2.31. The van der Waals surface area contributed by atoms with E-state index >= 15 is 0 Å². The zero-order chi connectivity index (χ0) is 19.2. The first-order valence-electron chi connectivity index (χ1n) is 8.96. The lowest BCUT2D eigenvalue weighted by atomic mass is 9.78. The van der Waals surface area contributed by atoms with Crippen molar-refractivity contribution in [3.8, 4) is 0 Å². The molecule has 3 rings (SSSR count). The van der Waals surface area contributed by atoms with Crippen LogP contribution in [0.5, 0.6) is 0 Å². The summed E-state index contributed by atoms with van der Waals surface area (Å²) in [6.45, 7) is 10.9. The van der Waals surface area contributed by atoms with Crippen LogP contribution in [0.3, 0.4) is 0 Å². The molecule has 142 valence electrons. The van der Waals surface area contributed by atoms with Crippen molar-refractivity contribution >= 4 is 11.9 Å². The van der Waals surface area contributed by atoms with E-state index in [1.54, 1.807) is 19.9 Å². The zero-order valence-electron chi connectivity index (χ0n) is 15.2. The Hall–Kier alpha value is -1.92. The van der Waals surface area contributed by atoms with Crippen LogP contribution in [-0.4, -0.2) is 46.6 Å². The number of allylic oxidation sites excluding steroid dienone is 1. The van der Waals surface area contributed by atoms with Gasteiger partial charge in [0.25, 0.3) is 0 Å². The Kier molecular flexibility index (Phi) is 4.84. The maximum Gasteiger partial charge on any atom is 0.334 e. The van der Waals surface area contributed by atoms with Crippen LogP contribution < -0.4 is 0 Å². The van der Waals surface area contributed by atoms with Gasteiger partial charge in [-0.25, -0.2) is 9.59 Å². The van der Waals surface area contributed by atoms with Crippen LogP contribution in [0.1, 0.15) is 33.1 Å². The molecule has 6 nitrogen and oxygen atoms in total. The highest BCUT2D eigenvalue weighted by molar-refractivity contribution is 5.91. The third-order valence-corrected chi connectivity index (χ3v) is 6.23. The third kappa shape index (κ3) is 2.91. The molecule has 0 aromatic rings. The highest BCUT2D eigenvalue weighted by Gasteiger charge is 2.58. The number of carbonyl (C=O) groups excluding carboxylic acids is 2. The second-order valence-electron chi connectivity index (χ2n) is 7.69. The summed E-state index contributed by atoms with van der Waals surface area (Å²) in [4.78, 5) is 24.1. The van der Waals surface area contributed by atoms with Crippen molar-refractivity contribution in [2.24, 2.45) is 17.8 Å². The van der Waals surface area contributed by atoms with E-state index < -0.39 is 30.3 Å². The number of ether oxygens (including phenoxy) is 2. The van der Waals surface area contributed by atoms with Crippen molar-refractivity contribution < 1.29 is 29.3 Å². The van der Waals surface area contributed by atoms with Gasteiger partial charge in [0.2, 0.25) is 0 Å². The fourth-order valence-electron chi connectivity index (χ4n) is 4.60. The fraction of sp³-hybridized carbons (Fsp3) is 0.600. The van der Waals surface area contributed by atoms with Gasteiger partial charge in [-0.3, -0.25) is 0 Å². The Labute approximate surface area is 153 Å². The van der Waals surface area contributed by atoms with E-state index in [2.05, 4.69) is 13.2 Å². The van der Waals surface area contributed by atoms with Gasteiger partial charge in [0.15, 0.2) is 0 Å². The second kappa shape index (κ2) is 6.67. The first kappa shape index (κ1) is 18.9. The molecule has 2 aliphatic carbocycles. The minimum absolute atomic E-state index is 0.138. The quantitative estimate of drug-likeness (QED) is 0.451. The molecule has 6 atom stereocenters. The molecule has 3 aliphatic rings. The number of carbonyl (C=O) groups is 2. The summed E-state index contributed by atoms with van der Waals surface area (Å²) in [5.74, 6) is -1.75. The van der Waals surface area contributed by atoms with Crippen molar-refractivity contribution in [3.63, 3.8) is 0 Å². The lowest BCUT2D eigenvalue weighted by molar-refractivity contribution is -0.146. The Balaban J connectivity index is 1.92. The molecule has 6 heteroatoms. The van der Waals surface area contributed by atoms with Gasteiger partial charge >= 0.3 is 11.9 Å². The molecule has 0 aromatic carbocycles. The predicted octanol–water partition coefficient (Wildman–Crippen LogP) is 1.67. The molecule has 0 aromatic heterocycles. The number of aliphatic hydroxyl groups is 2. The molecule has 2 N–H and O–H groups in total. The van der Waals surface area contributed by atoms with Crippen molar-refractivity contribution in [2.75, 3.05) is 6.61 Å². The average Bonchev–Trinajstić information content (AvgIpc) is 2.96. The Morgan fingerprint density at radius 2 is 2.15 bits per heavy atom. The second-order valence-corrected chi connectivity index (χ2v) is 7.69. The fourth-order valence-corrected chi connectivity index (χ4v) is 4.60. The maximum absolute atomic E-state index is 12.2. The summed E-state index contributed by atoms with van der Waals surface area (Å²) in [7, 11) is 0. The van der Waals surface area contributed by atoms with Gasteiger partial charge in [-0.1, -0.05) is 24.8 Å². The Morgan fingerprint density at radius 3 is 2.77 bits per heavy atom. The summed E-state index contributed by atoms with van der Waals surface area (Å²) in [5.41, 5.74) is 0.252. The van der Waals surface area contributed by atoms with Gasteiger partial charge in [-0.05, 0) is 20.3 Å². The van der Waals surface area contributed by atoms with Crippen LogP contribution in [0.4, 0.5) is 0 Å². The number of esters is 2. The van der Waals surface area contributed by atoms with Crippen LogP contribution in [0.25, 0.3) is 0 Å². The zero-order valence-corrected chi connectivity index (χ0v) is 15.2. The summed E-state index contributed by atoms with van der Waals surface area (Å²) < 4.78 is 11.1. The van der Waals surface area contributed by atoms with Crippen LogP contribution in [0.2, 0.25) is 0 Å². The van der Waals surface area contributed by atoms with E-state index in [9.17, 15) is 19.8 Å². The van der Waals surface area contributed by atoms with Crippen LogP contribution in [-0.2, 0) is 19.1 Å². The first-order chi connectivity index (χ1) is 12.2. The van der Waals surface area contributed by atoms with E-state index in [1.807, 2.05) is 0 Å². The van der Waals surface area contributed by atoms with Gasteiger partial charge in [0.1, 0.15) is 12.2 Å². The third-order valence-electron chi connectivity index (χ3n) is 6.23. The molecule has 0 spiro atoms. The van der Waals surface area contributed by atoms with Gasteiger partial charge in [-0.15, -0.1) is 0 Å². The van der Waals surface area contributed by atoms with Crippen LogP contribution >= 0.6 is 0 Å². The molecule has 0 bridgehead atoms. The largest absolute Gasteiger partial charge is 0.458 e. The lowest BCUT2D eigenvalue weighted by Crippen LogP contribution is -2.40. The molecule has 1 saturated heterocycles. The molecule has 1 aliphatic heterocycles. The van der Waals surface area contributed by atoms with E-state index in [4.69, 9.17) is 9.47 Å². The summed E-state index contributed by atoms with van der Waals surface area (Å²) in [6.07, 6.45) is 1.75. The predicted molar refractivity (Wildman–Crippen MR) is 93.8 cm³/mol. The highest BCUT2D eigenvalue weighted by Crippen LogP contribution is 2.53. The molecule has 26 heavy (non-hydrogen) atoms. The summed E-state index contributed by atoms with van der Waals surface area (Å²) in [5, 5.41) is 20.9. The van der Waals surface area contributed by atoms with E-state index in [1.165, 1.54) is 0 Å². The highest BCUT2D eigenvalue weighted by atomic mass is 16.6. The smallest absolute Gasteiger partial charge is 0.334 e. The minimum Gasteiger partial charge on any atom is -0.458 e. The number of hydrogen-bond acceptors (Lipinski definition) is 6. The number of hydrogen-bond donors (Lipinski definition) is 2. The molecule has 6 unspecified atom stereocenters. The number of fused-ring (bicyclic) bond motifs is 2. The molecule has 3 fully saturated rings. The summed E-state index contributed by atoms with van der Waals surface area (Å²) >= 11 is 0. The standard InChI is InChI=1S/C20H26O6/c1-5-10(2)18(22)26-16-8-20(24,9-21)14-7-13-12(4)19(23)25-15(13)6-11(3)17(14)16/h5,13-17,21,24H,3-4,6-9H2,1-2H3. The van der Waals surface area contributed by atoms with Crippen LogP contribution in [0, 0.1) is 17.8 Å². The number of rotatable bonds is 3. The average molecular weight is 362 g/mol. The first-order valence-corrected chi connectivity index (χ1v) is 8.96. The molecular weight excluding hydrogens is 336 g/mol. The monoisotopic (exact) mass is 362 g/mol. The minimum atomic E-state index is -1.40. The van der Waals surface area contributed by atoms with Crippen molar-refractivity contribution in [2.45, 2.75) is 50.9 Å². The van der Waals surface area contributed by atoms with E-state index in [0.717, 1.165) is 5.57 Å². The molecule has 0 radical (unpaired) electrons. The Morgan fingerprint density at radius 1 is 1.46 bits per heavy atom. The number of aliphatic hydroxyl groups excluding tert-OH is 1. The molecule has 1 heterocycles. The van der Waals surface area contributed by atoms with Crippen molar-refractivity contribution in [3.05, 3.63) is 36.0 Å². The van der Waals surface area contributed by atoms with E-state index in [-0.39, 0.29) is 30.3 Å². The summed E-state index contributed by atoms with van der Waals surface area (Å²) in [6, 6.07) is 0. The van der Waals surface area contributed by atoms with Gasteiger partial charge in [0.05, 0.1) is 12.2 Å². The Bertz CT molecular complexity index is 692. The molecule has 2 saturated carbocycles. The SMILES string of the molecule is C=C1C(=O)OC2CC(=C)C3C(OC(=O)C(C)=CC)CC(O)(CO)C3CC12. The normalized spacial score (nSPS) is 39.9. The molecule has 0 amide bonds. The topological polar surface area (TPSA) is 93.1 Å². The van der Waals surface area contributed by atoms with Crippen LogP contribution in [0.15, 0.2) is 36.0 Å². The van der Waals surface area contributed by atoms with Crippen molar-refractivity contribution in [1.82, 2.24) is 0 Å². The van der Waals surface area contributed by atoms with Gasteiger partial charge in [0, 0.05) is 41.7 Å². The van der Waals surface area contributed by atoms with E-state index in [0.29, 0.717) is 24.0 Å².